The van der Waals surface area contributed by atoms with E-state index in [9.17, 15) is 9.59 Å². The van der Waals surface area contributed by atoms with Gasteiger partial charge in [0.25, 0.3) is 5.91 Å². The standard InChI is InChI=1S/C21H25N3O3S/c1-2-27-18-11-7-6-10-17(18)20(26)23-21(28)24(15-13-19(22)25)14-12-16-8-4-3-5-9-16/h3-11H,2,12-15H2,1H3,(H2,22,25)(H,23,26,28). The molecule has 0 saturated heterocycles. The number of thiocarbonyl (C=S) groups is 1. The Morgan fingerprint density at radius 3 is 2.43 bits per heavy atom. The maximum absolute atomic E-state index is 12.7. The highest BCUT2D eigenvalue weighted by molar-refractivity contribution is 7.80. The summed E-state index contributed by atoms with van der Waals surface area (Å²) in [6, 6.07) is 16.9. The van der Waals surface area contributed by atoms with Gasteiger partial charge in [0.1, 0.15) is 5.75 Å². The molecule has 0 bridgehead atoms. The Morgan fingerprint density at radius 1 is 1.07 bits per heavy atom. The average molecular weight is 400 g/mol. The second-order valence-corrected chi connectivity index (χ2v) is 6.51. The van der Waals surface area contributed by atoms with E-state index in [0.717, 1.165) is 12.0 Å². The molecule has 2 amide bonds. The van der Waals surface area contributed by atoms with Gasteiger partial charge in [-0.25, -0.2) is 0 Å². The first-order valence-electron chi connectivity index (χ1n) is 9.15. The summed E-state index contributed by atoms with van der Waals surface area (Å²) in [6.07, 6.45) is 0.880. The molecule has 0 aromatic heterocycles. The molecule has 28 heavy (non-hydrogen) atoms. The zero-order valence-corrected chi connectivity index (χ0v) is 16.7. The monoisotopic (exact) mass is 399 g/mol. The number of benzene rings is 2. The maximum atomic E-state index is 12.7. The summed E-state index contributed by atoms with van der Waals surface area (Å²) in [7, 11) is 0. The predicted molar refractivity (Wildman–Crippen MR) is 113 cm³/mol. The van der Waals surface area contributed by atoms with Crippen LogP contribution in [-0.2, 0) is 11.2 Å². The Labute approximate surface area is 170 Å². The normalized spacial score (nSPS) is 10.2. The molecular formula is C21H25N3O3S. The van der Waals surface area contributed by atoms with Gasteiger partial charge in [0, 0.05) is 19.5 Å². The molecule has 148 valence electrons. The van der Waals surface area contributed by atoms with Crippen LogP contribution >= 0.6 is 12.2 Å². The van der Waals surface area contributed by atoms with E-state index in [1.807, 2.05) is 37.3 Å². The molecule has 0 radical (unpaired) electrons. The van der Waals surface area contributed by atoms with Crippen LogP contribution in [0.25, 0.3) is 0 Å². The van der Waals surface area contributed by atoms with Crippen LogP contribution in [-0.4, -0.2) is 41.5 Å². The van der Waals surface area contributed by atoms with E-state index in [1.54, 1.807) is 29.2 Å². The summed E-state index contributed by atoms with van der Waals surface area (Å²) >= 11 is 5.43. The van der Waals surface area contributed by atoms with E-state index in [2.05, 4.69) is 5.32 Å². The van der Waals surface area contributed by atoms with Crippen molar-refractivity contribution in [2.45, 2.75) is 19.8 Å². The van der Waals surface area contributed by atoms with Crippen molar-refractivity contribution in [3.05, 3.63) is 65.7 Å². The summed E-state index contributed by atoms with van der Waals surface area (Å²) < 4.78 is 5.51. The summed E-state index contributed by atoms with van der Waals surface area (Å²) in [4.78, 5) is 25.7. The van der Waals surface area contributed by atoms with Crippen LogP contribution in [0, 0.1) is 0 Å². The fraction of sp³-hybridized carbons (Fsp3) is 0.286. The number of ether oxygens (including phenoxy) is 1. The van der Waals surface area contributed by atoms with Crippen molar-refractivity contribution < 1.29 is 14.3 Å². The third-order valence-electron chi connectivity index (χ3n) is 4.08. The highest BCUT2D eigenvalue weighted by Crippen LogP contribution is 2.17. The molecule has 0 spiro atoms. The molecule has 0 atom stereocenters. The molecule has 0 aliphatic carbocycles. The molecule has 6 nitrogen and oxygen atoms in total. The molecule has 7 heteroatoms. The molecule has 0 aliphatic rings. The van der Waals surface area contributed by atoms with E-state index in [4.69, 9.17) is 22.7 Å². The number of para-hydroxylation sites is 1. The maximum Gasteiger partial charge on any atom is 0.261 e. The SMILES string of the molecule is CCOc1ccccc1C(=O)NC(=S)N(CCC(N)=O)CCc1ccccc1. The lowest BCUT2D eigenvalue weighted by molar-refractivity contribution is -0.118. The smallest absolute Gasteiger partial charge is 0.261 e. The first-order chi connectivity index (χ1) is 13.5. The number of carbonyl (C=O) groups excluding carboxylic acids is 2. The predicted octanol–water partition coefficient (Wildman–Crippen LogP) is 2.52. The van der Waals surface area contributed by atoms with Crippen molar-refractivity contribution in [2.75, 3.05) is 19.7 Å². The third-order valence-corrected chi connectivity index (χ3v) is 4.44. The Kier molecular flexibility index (Phi) is 8.42. The Balaban J connectivity index is 2.06. The summed E-state index contributed by atoms with van der Waals surface area (Å²) in [5.74, 6) is -0.267. The molecular weight excluding hydrogens is 374 g/mol. The first-order valence-corrected chi connectivity index (χ1v) is 9.56. The van der Waals surface area contributed by atoms with Gasteiger partial charge in [-0.05, 0) is 43.3 Å². The number of nitrogens with two attached hydrogens (primary N) is 1. The van der Waals surface area contributed by atoms with Crippen molar-refractivity contribution in [3.8, 4) is 5.75 Å². The van der Waals surface area contributed by atoms with E-state index in [1.165, 1.54) is 0 Å². The van der Waals surface area contributed by atoms with Gasteiger partial charge in [0.15, 0.2) is 5.11 Å². The highest BCUT2D eigenvalue weighted by atomic mass is 32.1. The fourth-order valence-electron chi connectivity index (χ4n) is 2.65. The van der Waals surface area contributed by atoms with Gasteiger partial charge in [-0.3, -0.25) is 14.9 Å². The molecule has 0 fully saturated rings. The lowest BCUT2D eigenvalue weighted by atomic mass is 10.1. The largest absolute Gasteiger partial charge is 0.493 e. The van der Waals surface area contributed by atoms with Crippen LogP contribution in [0.3, 0.4) is 0 Å². The van der Waals surface area contributed by atoms with Crippen molar-refractivity contribution in [3.63, 3.8) is 0 Å². The number of amides is 2. The Bertz CT molecular complexity index is 812. The second kappa shape index (κ2) is 11.0. The minimum atomic E-state index is -0.416. The fourth-order valence-corrected chi connectivity index (χ4v) is 2.92. The lowest BCUT2D eigenvalue weighted by Crippen LogP contribution is -2.44. The summed E-state index contributed by atoms with van der Waals surface area (Å²) in [5, 5.41) is 3.00. The van der Waals surface area contributed by atoms with Crippen LogP contribution in [0.5, 0.6) is 5.75 Å². The van der Waals surface area contributed by atoms with Crippen LogP contribution < -0.4 is 15.8 Å². The van der Waals surface area contributed by atoms with E-state index >= 15 is 0 Å². The Hall–Kier alpha value is -2.93. The minimum absolute atomic E-state index is 0.153. The van der Waals surface area contributed by atoms with Gasteiger partial charge >= 0.3 is 0 Å². The zero-order chi connectivity index (χ0) is 20.4. The number of carbonyl (C=O) groups is 2. The van der Waals surface area contributed by atoms with Crippen LogP contribution in [0.15, 0.2) is 54.6 Å². The molecule has 0 heterocycles. The van der Waals surface area contributed by atoms with E-state index in [-0.39, 0.29) is 17.4 Å². The summed E-state index contributed by atoms with van der Waals surface area (Å²) in [6.45, 7) is 3.21. The number of primary amides is 1. The first kappa shape index (κ1) is 21.4. The van der Waals surface area contributed by atoms with Crippen LogP contribution in [0.4, 0.5) is 0 Å². The Morgan fingerprint density at radius 2 is 1.75 bits per heavy atom. The molecule has 2 rings (SSSR count). The van der Waals surface area contributed by atoms with Crippen molar-refractivity contribution in [2.24, 2.45) is 5.73 Å². The molecule has 3 N–H and O–H groups in total. The van der Waals surface area contributed by atoms with Crippen molar-refractivity contribution in [1.82, 2.24) is 10.2 Å². The number of nitrogens with zero attached hydrogens (tertiary/aromatic N) is 1. The molecule has 0 saturated carbocycles. The average Bonchev–Trinajstić information content (AvgIpc) is 2.69. The van der Waals surface area contributed by atoms with Crippen molar-refractivity contribution in [1.29, 1.82) is 0 Å². The second-order valence-electron chi connectivity index (χ2n) is 6.13. The molecule has 2 aromatic carbocycles. The van der Waals surface area contributed by atoms with Crippen LogP contribution in [0.2, 0.25) is 0 Å². The molecule has 0 unspecified atom stereocenters. The van der Waals surface area contributed by atoms with Gasteiger partial charge in [0.2, 0.25) is 5.91 Å². The third kappa shape index (κ3) is 6.66. The number of hydrogen-bond acceptors (Lipinski definition) is 4. The molecule has 2 aromatic rings. The van der Waals surface area contributed by atoms with Gasteiger partial charge in [-0.15, -0.1) is 0 Å². The van der Waals surface area contributed by atoms with Gasteiger partial charge in [-0.1, -0.05) is 42.5 Å². The highest BCUT2D eigenvalue weighted by Gasteiger charge is 2.17. The van der Waals surface area contributed by atoms with E-state index in [0.29, 0.717) is 31.0 Å². The van der Waals surface area contributed by atoms with Crippen LogP contribution in [0.1, 0.15) is 29.3 Å². The van der Waals surface area contributed by atoms with E-state index < -0.39 is 5.91 Å². The zero-order valence-electron chi connectivity index (χ0n) is 15.9. The van der Waals surface area contributed by atoms with Gasteiger partial charge in [0.05, 0.1) is 12.2 Å². The number of hydrogen-bond donors (Lipinski definition) is 2. The summed E-state index contributed by atoms with van der Waals surface area (Å²) in [5.41, 5.74) is 6.83. The molecule has 0 aliphatic heterocycles. The van der Waals surface area contributed by atoms with Gasteiger partial charge < -0.3 is 15.4 Å². The topological polar surface area (TPSA) is 84.7 Å². The lowest BCUT2D eigenvalue weighted by Gasteiger charge is -2.25. The van der Waals surface area contributed by atoms with Gasteiger partial charge in [-0.2, -0.15) is 0 Å². The quantitative estimate of drug-likeness (QED) is 0.633. The minimum Gasteiger partial charge on any atom is -0.493 e. The van der Waals surface area contributed by atoms with Crippen molar-refractivity contribution >= 4 is 29.1 Å². The number of rotatable bonds is 9. The number of nitrogens with one attached hydrogen (secondary N) is 1.